The summed E-state index contributed by atoms with van der Waals surface area (Å²) in [5.74, 6) is 4.04. The third-order valence-corrected chi connectivity index (χ3v) is 10.2. The second kappa shape index (κ2) is 14.9. The summed E-state index contributed by atoms with van der Waals surface area (Å²) in [5, 5.41) is 4.51. The highest BCUT2D eigenvalue weighted by Gasteiger charge is 2.42. The van der Waals surface area contributed by atoms with E-state index in [0.29, 0.717) is 45.6 Å². The molecule has 0 N–H and O–H groups in total. The number of hydrogen-bond donors (Lipinski definition) is 0. The molecule has 252 valence electrons. The van der Waals surface area contributed by atoms with Gasteiger partial charge in [0.05, 0.1) is 31.8 Å². The molecule has 0 atom stereocenters. The van der Waals surface area contributed by atoms with Gasteiger partial charge in [-0.25, -0.2) is 0 Å². The molecule has 0 radical (unpaired) electrons. The van der Waals surface area contributed by atoms with Crippen molar-refractivity contribution >= 4 is 21.5 Å². The molecule has 1 fully saturated rings. The van der Waals surface area contributed by atoms with Gasteiger partial charge in [0.15, 0.2) is 0 Å². The number of rotatable bonds is 14. The molecule has 0 unspecified atom stereocenters. The lowest BCUT2D eigenvalue weighted by molar-refractivity contribution is 0.121. The Balaban J connectivity index is 1.32. The minimum atomic E-state index is -0.505. The topological polar surface area (TPSA) is 46.2 Å². The number of benzene rings is 5. The van der Waals surface area contributed by atoms with E-state index in [1.54, 1.807) is 12.2 Å². The van der Waals surface area contributed by atoms with E-state index in [2.05, 4.69) is 105 Å². The number of fused-ring (bicyclic) bond motifs is 6. The first kappa shape index (κ1) is 32.9. The van der Waals surface area contributed by atoms with Crippen LogP contribution < -0.4 is 14.2 Å². The monoisotopic (exact) mass is 654 g/mol. The first-order valence-corrected chi connectivity index (χ1v) is 17.7. The van der Waals surface area contributed by atoms with Crippen molar-refractivity contribution in [3.63, 3.8) is 0 Å². The first-order valence-electron chi connectivity index (χ1n) is 17.7. The lowest BCUT2D eigenvalue weighted by atomic mass is 9.66. The molecular formula is C44H46O5. The number of hydrogen-bond acceptors (Lipinski definition) is 5. The summed E-state index contributed by atoms with van der Waals surface area (Å²) in [4.78, 5) is 0. The Morgan fingerprint density at radius 2 is 1.18 bits per heavy atom. The van der Waals surface area contributed by atoms with E-state index in [1.165, 1.54) is 43.2 Å². The molecular weight excluding hydrogens is 608 g/mol. The fourth-order valence-corrected chi connectivity index (χ4v) is 7.78. The second-order valence-corrected chi connectivity index (χ2v) is 13.3. The van der Waals surface area contributed by atoms with Crippen LogP contribution >= 0.6 is 0 Å². The molecule has 7 rings (SSSR count). The van der Waals surface area contributed by atoms with E-state index in [9.17, 15) is 0 Å². The molecule has 1 aliphatic heterocycles. The van der Waals surface area contributed by atoms with Crippen LogP contribution in [0.3, 0.4) is 0 Å². The van der Waals surface area contributed by atoms with Gasteiger partial charge in [0.25, 0.3) is 0 Å². The molecule has 0 saturated heterocycles. The first-order chi connectivity index (χ1) is 24.1. The number of ether oxygens (including phenoxy) is 5. The highest BCUT2D eigenvalue weighted by Crippen LogP contribution is 2.56. The van der Waals surface area contributed by atoms with E-state index < -0.39 is 5.41 Å². The molecule has 2 aliphatic rings. The summed E-state index contributed by atoms with van der Waals surface area (Å²) >= 11 is 0. The Morgan fingerprint density at radius 3 is 1.69 bits per heavy atom. The predicted molar refractivity (Wildman–Crippen MR) is 199 cm³/mol. The second-order valence-electron chi connectivity index (χ2n) is 13.3. The molecule has 0 aromatic heterocycles. The Bertz CT molecular complexity index is 1830. The maximum atomic E-state index is 6.78. The Kier molecular flexibility index (Phi) is 10.0. The molecule has 5 nitrogen and oxygen atoms in total. The normalized spacial score (nSPS) is 15.3. The van der Waals surface area contributed by atoms with E-state index >= 15 is 0 Å². The van der Waals surface area contributed by atoms with Crippen molar-refractivity contribution in [3.8, 4) is 23.0 Å². The van der Waals surface area contributed by atoms with Gasteiger partial charge < -0.3 is 23.7 Å². The molecule has 1 saturated carbocycles. The van der Waals surface area contributed by atoms with Crippen LogP contribution in [-0.2, 0) is 14.9 Å². The summed E-state index contributed by atoms with van der Waals surface area (Å²) < 4.78 is 30.0. The van der Waals surface area contributed by atoms with Crippen molar-refractivity contribution in [2.24, 2.45) is 0 Å². The fourth-order valence-electron chi connectivity index (χ4n) is 7.78. The SMILES string of the molecule is C=CCOCCOc1ccc2c3c(ccc2c1)Oc1ccc2cc(OCCOCC=C)ccc2c1C3(C)c1ccc(C2CCCCC2)cc1. The summed E-state index contributed by atoms with van der Waals surface area (Å²) in [6, 6.07) is 30.7. The van der Waals surface area contributed by atoms with Gasteiger partial charge in [0.2, 0.25) is 0 Å². The summed E-state index contributed by atoms with van der Waals surface area (Å²) in [6.07, 6.45) is 10.0. The van der Waals surface area contributed by atoms with E-state index in [4.69, 9.17) is 23.7 Å². The largest absolute Gasteiger partial charge is 0.491 e. The Hall–Kier alpha value is -4.58. The minimum absolute atomic E-state index is 0.478. The third-order valence-electron chi connectivity index (χ3n) is 10.2. The Morgan fingerprint density at radius 1 is 0.653 bits per heavy atom. The summed E-state index contributed by atoms with van der Waals surface area (Å²) in [7, 11) is 0. The van der Waals surface area contributed by atoms with E-state index in [1.807, 2.05) is 0 Å². The quantitative estimate of drug-likeness (QED) is 0.0881. The van der Waals surface area contributed by atoms with Crippen molar-refractivity contribution in [2.45, 2.75) is 50.4 Å². The van der Waals surface area contributed by atoms with Gasteiger partial charge >= 0.3 is 0 Å². The molecule has 5 aromatic carbocycles. The summed E-state index contributed by atoms with van der Waals surface area (Å²) in [6.45, 7) is 12.8. The van der Waals surface area contributed by atoms with Crippen LogP contribution in [0, 0.1) is 0 Å². The van der Waals surface area contributed by atoms with Gasteiger partial charge in [-0.2, -0.15) is 0 Å². The average molecular weight is 655 g/mol. The van der Waals surface area contributed by atoms with Gasteiger partial charge in [0, 0.05) is 11.1 Å². The van der Waals surface area contributed by atoms with Crippen molar-refractivity contribution in [1.82, 2.24) is 0 Å². The van der Waals surface area contributed by atoms with Crippen LogP contribution in [0.1, 0.15) is 67.2 Å². The van der Waals surface area contributed by atoms with Crippen molar-refractivity contribution in [1.29, 1.82) is 0 Å². The van der Waals surface area contributed by atoms with Crippen molar-refractivity contribution < 1.29 is 23.7 Å². The lowest BCUT2D eigenvalue weighted by Gasteiger charge is -2.40. The van der Waals surface area contributed by atoms with Gasteiger partial charge in [-0.15, -0.1) is 13.2 Å². The molecule has 1 aliphatic carbocycles. The molecule has 0 bridgehead atoms. The molecule has 0 spiro atoms. The zero-order valence-corrected chi connectivity index (χ0v) is 28.5. The standard InChI is InChI=1S/C44H46O5/c1-4-23-45-25-27-47-36-17-19-38-33(29-36)13-21-40-42(38)44(3,35-15-11-32(12-16-35)31-9-7-6-8-10-31)43-39-20-18-37(48-28-26-46-24-5-2)30-34(39)14-22-41(43)49-40/h4-5,11-22,29-31H,1-2,6-10,23-28H2,3H3. The van der Waals surface area contributed by atoms with Gasteiger partial charge in [-0.1, -0.05) is 79.9 Å². The fraction of sp³-hybridized carbons (Fsp3) is 0.318. The van der Waals surface area contributed by atoms with Crippen LogP contribution in [0.15, 0.2) is 110 Å². The van der Waals surface area contributed by atoms with Gasteiger partial charge in [-0.3, -0.25) is 0 Å². The van der Waals surface area contributed by atoms with Crippen molar-refractivity contribution in [3.05, 3.63) is 132 Å². The minimum Gasteiger partial charge on any atom is -0.491 e. The van der Waals surface area contributed by atoms with E-state index in [0.717, 1.165) is 55.7 Å². The lowest BCUT2D eigenvalue weighted by Crippen LogP contribution is -2.30. The maximum Gasteiger partial charge on any atom is 0.132 e. The zero-order chi connectivity index (χ0) is 33.6. The van der Waals surface area contributed by atoms with Crippen LogP contribution in [0.5, 0.6) is 23.0 Å². The zero-order valence-electron chi connectivity index (χ0n) is 28.5. The van der Waals surface area contributed by atoms with E-state index in [-0.39, 0.29) is 0 Å². The highest BCUT2D eigenvalue weighted by atomic mass is 16.5. The molecule has 0 amide bonds. The maximum absolute atomic E-state index is 6.78. The molecule has 5 heteroatoms. The predicted octanol–water partition coefficient (Wildman–Crippen LogP) is 10.7. The van der Waals surface area contributed by atoms with Crippen LogP contribution in [0.25, 0.3) is 21.5 Å². The van der Waals surface area contributed by atoms with Crippen LogP contribution in [0.4, 0.5) is 0 Å². The average Bonchev–Trinajstić information content (AvgIpc) is 3.14. The van der Waals surface area contributed by atoms with Gasteiger partial charge in [0.1, 0.15) is 36.2 Å². The van der Waals surface area contributed by atoms with Crippen LogP contribution in [0.2, 0.25) is 0 Å². The molecule has 49 heavy (non-hydrogen) atoms. The highest BCUT2D eigenvalue weighted by molar-refractivity contribution is 5.97. The van der Waals surface area contributed by atoms with Crippen molar-refractivity contribution in [2.75, 3.05) is 39.6 Å². The smallest absolute Gasteiger partial charge is 0.132 e. The molecule has 5 aromatic rings. The van der Waals surface area contributed by atoms with Crippen LogP contribution in [-0.4, -0.2) is 39.6 Å². The third kappa shape index (κ3) is 6.70. The molecule has 1 heterocycles. The van der Waals surface area contributed by atoms with Gasteiger partial charge in [-0.05, 0) is 94.8 Å². The summed E-state index contributed by atoms with van der Waals surface area (Å²) in [5.41, 5.74) is 4.52. The Labute approximate surface area is 290 Å².